The molecule has 24 heavy (non-hydrogen) atoms. The van der Waals surface area contributed by atoms with Crippen molar-refractivity contribution >= 4 is 17.3 Å². The van der Waals surface area contributed by atoms with Crippen molar-refractivity contribution in [2.24, 2.45) is 5.92 Å². The molecule has 2 heterocycles. The normalized spacial score (nSPS) is 15.5. The molecular formula is C15H26N6O3. The van der Waals surface area contributed by atoms with Crippen LogP contribution in [0.1, 0.15) is 20.3 Å². The smallest absolute Gasteiger partial charge is 0.353 e. The van der Waals surface area contributed by atoms with Crippen molar-refractivity contribution in [1.29, 1.82) is 0 Å². The van der Waals surface area contributed by atoms with E-state index in [1.807, 2.05) is 0 Å². The van der Waals surface area contributed by atoms with Crippen LogP contribution in [0.25, 0.3) is 0 Å². The van der Waals surface area contributed by atoms with Crippen molar-refractivity contribution in [3.8, 4) is 0 Å². The Hall–Kier alpha value is -2.00. The van der Waals surface area contributed by atoms with Gasteiger partial charge in [0, 0.05) is 32.7 Å². The second-order valence-corrected chi connectivity index (χ2v) is 6.17. The molecule has 1 aromatic rings. The summed E-state index contributed by atoms with van der Waals surface area (Å²) in [6.45, 7) is 9.47. The lowest BCUT2D eigenvalue weighted by molar-refractivity contribution is -0.383. The van der Waals surface area contributed by atoms with Crippen LogP contribution in [-0.4, -0.2) is 65.7 Å². The van der Waals surface area contributed by atoms with Gasteiger partial charge in [0.1, 0.15) is 6.33 Å². The van der Waals surface area contributed by atoms with Gasteiger partial charge >= 0.3 is 5.69 Å². The number of aromatic nitrogens is 2. The van der Waals surface area contributed by atoms with Crippen molar-refractivity contribution in [1.82, 2.24) is 14.9 Å². The monoisotopic (exact) mass is 338 g/mol. The highest BCUT2D eigenvalue weighted by Gasteiger charge is 2.22. The standard InChI is InChI=1S/C15H26N6O3/c1-12(2)3-4-16-14-13(21(22)23)15(19-11-18-14)17-5-6-20-7-9-24-10-8-20/h11-12H,3-10H2,1-2H3,(H2,16,17,18,19). The summed E-state index contributed by atoms with van der Waals surface area (Å²) in [7, 11) is 0. The first kappa shape index (κ1) is 18.3. The number of nitrogens with one attached hydrogen (secondary N) is 2. The third-order valence-corrected chi connectivity index (χ3v) is 3.84. The molecule has 2 rings (SSSR count). The van der Waals surface area contributed by atoms with Crippen molar-refractivity contribution in [3.05, 3.63) is 16.4 Å². The summed E-state index contributed by atoms with van der Waals surface area (Å²) in [6.07, 6.45) is 2.27. The number of nitro groups is 1. The SMILES string of the molecule is CC(C)CCNc1ncnc(NCCN2CCOCC2)c1[N+](=O)[O-]. The summed E-state index contributed by atoms with van der Waals surface area (Å²) < 4.78 is 5.30. The number of nitrogens with zero attached hydrogens (tertiary/aromatic N) is 4. The highest BCUT2D eigenvalue weighted by atomic mass is 16.6. The maximum atomic E-state index is 11.4. The van der Waals surface area contributed by atoms with Gasteiger partial charge in [0.05, 0.1) is 18.1 Å². The van der Waals surface area contributed by atoms with Crippen molar-refractivity contribution in [2.45, 2.75) is 20.3 Å². The quantitative estimate of drug-likeness (QED) is 0.516. The lowest BCUT2D eigenvalue weighted by Crippen LogP contribution is -2.39. The van der Waals surface area contributed by atoms with Gasteiger partial charge in [-0.2, -0.15) is 0 Å². The fraction of sp³-hybridized carbons (Fsp3) is 0.733. The molecule has 0 amide bonds. The van der Waals surface area contributed by atoms with Gasteiger partial charge in [0.15, 0.2) is 0 Å². The summed E-state index contributed by atoms with van der Waals surface area (Å²) in [6, 6.07) is 0. The van der Waals surface area contributed by atoms with Crippen LogP contribution < -0.4 is 10.6 Å². The van der Waals surface area contributed by atoms with E-state index in [0.717, 1.165) is 39.3 Å². The maximum absolute atomic E-state index is 11.4. The third kappa shape index (κ3) is 5.57. The maximum Gasteiger partial charge on any atom is 0.353 e. The minimum absolute atomic E-state index is 0.0942. The van der Waals surface area contributed by atoms with E-state index in [4.69, 9.17) is 4.74 Å². The van der Waals surface area contributed by atoms with Gasteiger partial charge in [-0.15, -0.1) is 0 Å². The van der Waals surface area contributed by atoms with Crippen LogP contribution >= 0.6 is 0 Å². The predicted octanol–water partition coefficient (Wildman–Crippen LogP) is 1.59. The average molecular weight is 338 g/mol. The molecule has 0 unspecified atom stereocenters. The van der Waals surface area contributed by atoms with E-state index in [1.165, 1.54) is 6.33 Å². The zero-order valence-electron chi connectivity index (χ0n) is 14.3. The molecule has 1 aliphatic heterocycles. The van der Waals surface area contributed by atoms with Crippen LogP contribution in [0.4, 0.5) is 17.3 Å². The highest BCUT2D eigenvalue weighted by molar-refractivity contribution is 5.69. The molecule has 0 aliphatic carbocycles. The van der Waals surface area contributed by atoms with Gasteiger partial charge in [-0.3, -0.25) is 15.0 Å². The van der Waals surface area contributed by atoms with Gasteiger partial charge in [0.25, 0.3) is 0 Å². The molecular weight excluding hydrogens is 312 g/mol. The van der Waals surface area contributed by atoms with Crippen LogP contribution in [-0.2, 0) is 4.74 Å². The van der Waals surface area contributed by atoms with Crippen LogP contribution in [0.15, 0.2) is 6.33 Å². The number of hydrogen-bond acceptors (Lipinski definition) is 8. The first-order valence-corrected chi connectivity index (χ1v) is 8.35. The zero-order valence-corrected chi connectivity index (χ0v) is 14.3. The van der Waals surface area contributed by atoms with Gasteiger partial charge in [-0.25, -0.2) is 9.97 Å². The fourth-order valence-corrected chi connectivity index (χ4v) is 2.45. The summed E-state index contributed by atoms with van der Waals surface area (Å²) in [5.41, 5.74) is -0.0942. The molecule has 9 heteroatoms. The van der Waals surface area contributed by atoms with Gasteiger partial charge in [-0.1, -0.05) is 13.8 Å². The molecule has 9 nitrogen and oxygen atoms in total. The predicted molar refractivity (Wildman–Crippen MR) is 92.4 cm³/mol. The molecule has 134 valence electrons. The third-order valence-electron chi connectivity index (χ3n) is 3.84. The molecule has 1 aliphatic rings. The minimum atomic E-state index is -0.436. The first-order valence-electron chi connectivity index (χ1n) is 8.35. The van der Waals surface area contributed by atoms with E-state index in [-0.39, 0.29) is 17.3 Å². The van der Waals surface area contributed by atoms with E-state index in [9.17, 15) is 10.1 Å². The first-order chi connectivity index (χ1) is 11.6. The Kier molecular flexibility index (Phi) is 7.13. The molecule has 0 saturated carbocycles. The molecule has 2 N–H and O–H groups in total. The molecule has 1 saturated heterocycles. The summed E-state index contributed by atoms with van der Waals surface area (Å²) >= 11 is 0. The topological polar surface area (TPSA) is 105 Å². The minimum Gasteiger partial charge on any atom is -0.379 e. The number of rotatable bonds is 9. The molecule has 0 spiro atoms. The van der Waals surface area contributed by atoms with Gasteiger partial charge in [-0.05, 0) is 12.3 Å². The lowest BCUT2D eigenvalue weighted by Gasteiger charge is -2.26. The fourth-order valence-electron chi connectivity index (χ4n) is 2.45. The van der Waals surface area contributed by atoms with Crippen molar-refractivity contribution in [2.75, 3.05) is 56.6 Å². The zero-order chi connectivity index (χ0) is 17.4. The average Bonchev–Trinajstić information content (AvgIpc) is 2.55. The van der Waals surface area contributed by atoms with E-state index in [0.29, 0.717) is 19.0 Å². The number of anilines is 2. The van der Waals surface area contributed by atoms with Crippen molar-refractivity contribution < 1.29 is 9.66 Å². The Bertz CT molecular complexity index is 534. The van der Waals surface area contributed by atoms with Crippen LogP contribution in [0, 0.1) is 16.0 Å². The van der Waals surface area contributed by atoms with E-state index in [2.05, 4.69) is 39.3 Å². The summed E-state index contributed by atoms with van der Waals surface area (Å²) in [5.74, 6) is 1.05. The van der Waals surface area contributed by atoms with E-state index < -0.39 is 4.92 Å². The van der Waals surface area contributed by atoms with E-state index >= 15 is 0 Å². The molecule has 0 atom stereocenters. The van der Waals surface area contributed by atoms with E-state index in [1.54, 1.807) is 0 Å². The number of hydrogen-bond donors (Lipinski definition) is 2. The molecule has 1 fully saturated rings. The Labute approximate surface area is 142 Å². The van der Waals surface area contributed by atoms with Crippen molar-refractivity contribution in [3.63, 3.8) is 0 Å². The lowest BCUT2D eigenvalue weighted by atomic mass is 10.1. The molecule has 0 radical (unpaired) electrons. The Morgan fingerprint density at radius 1 is 1.25 bits per heavy atom. The largest absolute Gasteiger partial charge is 0.379 e. The summed E-state index contributed by atoms with van der Waals surface area (Å²) in [4.78, 5) is 21.3. The second-order valence-electron chi connectivity index (χ2n) is 6.17. The number of ether oxygens (including phenoxy) is 1. The van der Waals surface area contributed by atoms with Gasteiger partial charge in [0.2, 0.25) is 11.6 Å². The molecule has 1 aromatic heterocycles. The number of morpholine rings is 1. The highest BCUT2D eigenvalue weighted by Crippen LogP contribution is 2.28. The second kappa shape index (κ2) is 9.33. The van der Waals surface area contributed by atoms with Crippen LogP contribution in [0.3, 0.4) is 0 Å². The Balaban J connectivity index is 1.95. The van der Waals surface area contributed by atoms with Crippen LogP contribution in [0.2, 0.25) is 0 Å². The Morgan fingerprint density at radius 2 is 1.88 bits per heavy atom. The summed E-state index contributed by atoms with van der Waals surface area (Å²) in [5, 5.41) is 17.5. The molecule has 0 bridgehead atoms. The molecule has 0 aromatic carbocycles. The van der Waals surface area contributed by atoms with Crippen LogP contribution in [0.5, 0.6) is 0 Å². The Morgan fingerprint density at radius 3 is 2.46 bits per heavy atom. The van der Waals surface area contributed by atoms with Gasteiger partial charge < -0.3 is 15.4 Å².